The van der Waals surface area contributed by atoms with Crippen LogP contribution in [-0.4, -0.2) is 23.0 Å². The van der Waals surface area contributed by atoms with E-state index in [1.165, 1.54) is 18.9 Å². The smallest absolute Gasteiger partial charge is 0.376 e. The summed E-state index contributed by atoms with van der Waals surface area (Å²) in [7, 11) is 1.31. The monoisotopic (exact) mass is 285 g/mol. The van der Waals surface area contributed by atoms with E-state index in [9.17, 15) is 4.79 Å². The molecule has 0 saturated carbocycles. The van der Waals surface area contributed by atoms with Crippen molar-refractivity contribution in [3.05, 3.63) is 53.5 Å². The second kappa shape index (κ2) is 6.83. The van der Waals surface area contributed by atoms with Crippen molar-refractivity contribution in [3.8, 4) is 0 Å². The quantitative estimate of drug-likeness (QED) is 0.856. The van der Waals surface area contributed by atoms with Crippen LogP contribution in [-0.2, 0) is 11.3 Å². The van der Waals surface area contributed by atoms with E-state index in [-0.39, 0.29) is 5.82 Å². The summed E-state index contributed by atoms with van der Waals surface area (Å²) in [6.07, 6.45) is 1.53. The van der Waals surface area contributed by atoms with Gasteiger partial charge in [0, 0.05) is 12.7 Å². The molecule has 0 unspecified atom stereocenters. The molecule has 0 saturated heterocycles. The van der Waals surface area contributed by atoms with Crippen LogP contribution < -0.4 is 5.32 Å². The average Bonchev–Trinajstić information content (AvgIpc) is 2.52. The first-order chi connectivity index (χ1) is 10.1. The predicted molar refractivity (Wildman–Crippen MR) is 81.2 cm³/mol. The number of carbonyl (C=O) groups is 1. The third kappa shape index (κ3) is 4.02. The van der Waals surface area contributed by atoms with E-state index in [4.69, 9.17) is 0 Å². The van der Waals surface area contributed by atoms with Crippen LogP contribution in [0.3, 0.4) is 0 Å². The lowest BCUT2D eigenvalue weighted by atomic mass is 10.0. The second-order valence-corrected chi connectivity index (χ2v) is 5.01. The summed E-state index contributed by atoms with van der Waals surface area (Å²) in [6, 6.07) is 10.1. The topological polar surface area (TPSA) is 64.1 Å². The Kier molecular flexibility index (Phi) is 4.87. The van der Waals surface area contributed by atoms with E-state index in [0.717, 1.165) is 5.56 Å². The average molecular weight is 285 g/mol. The number of hydrogen-bond acceptors (Lipinski definition) is 5. The third-order valence-corrected chi connectivity index (χ3v) is 3.14. The second-order valence-electron chi connectivity index (χ2n) is 5.01. The fourth-order valence-electron chi connectivity index (χ4n) is 1.86. The van der Waals surface area contributed by atoms with Gasteiger partial charge in [0.1, 0.15) is 5.82 Å². The summed E-state index contributed by atoms with van der Waals surface area (Å²) in [6.45, 7) is 4.97. The van der Waals surface area contributed by atoms with Crippen molar-refractivity contribution in [2.45, 2.75) is 26.3 Å². The minimum absolute atomic E-state index is 0.0534. The molecule has 1 N–H and O–H groups in total. The molecule has 0 spiro atoms. The Labute approximate surface area is 124 Å². The SMILES string of the molecule is COC(=O)c1nccc(NCc2ccc(C(C)C)cc2)n1. The zero-order chi connectivity index (χ0) is 15.2. The number of carbonyl (C=O) groups excluding carboxylic acids is 1. The van der Waals surface area contributed by atoms with Gasteiger partial charge in [-0.25, -0.2) is 14.8 Å². The molecule has 0 aliphatic rings. The van der Waals surface area contributed by atoms with Crippen molar-refractivity contribution in [2.24, 2.45) is 0 Å². The van der Waals surface area contributed by atoms with Crippen molar-refractivity contribution >= 4 is 11.8 Å². The summed E-state index contributed by atoms with van der Waals surface area (Å²) in [5, 5.41) is 3.17. The number of anilines is 1. The minimum atomic E-state index is -0.542. The zero-order valence-electron chi connectivity index (χ0n) is 12.5. The Balaban J connectivity index is 2.01. The van der Waals surface area contributed by atoms with E-state index in [0.29, 0.717) is 18.3 Å². The van der Waals surface area contributed by atoms with Gasteiger partial charge in [0.25, 0.3) is 0 Å². The van der Waals surface area contributed by atoms with Crippen molar-refractivity contribution in [2.75, 3.05) is 12.4 Å². The molecule has 2 aromatic rings. The molecule has 0 fully saturated rings. The Morgan fingerprint density at radius 1 is 1.24 bits per heavy atom. The first kappa shape index (κ1) is 15.0. The molecule has 0 aliphatic carbocycles. The summed E-state index contributed by atoms with van der Waals surface area (Å²) in [4.78, 5) is 19.3. The molecule has 2 rings (SSSR count). The van der Waals surface area contributed by atoms with Gasteiger partial charge in [0.15, 0.2) is 0 Å². The number of methoxy groups -OCH3 is 1. The standard InChI is InChI=1S/C16H19N3O2/c1-11(2)13-6-4-12(5-7-13)10-18-14-8-9-17-15(19-14)16(20)21-3/h4-9,11H,10H2,1-3H3,(H,17,18,19). The summed E-state index contributed by atoms with van der Waals surface area (Å²) in [5.74, 6) is 0.632. The van der Waals surface area contributed by atoms with E-state index in [1.807, 2.05) is 0 Å². The van der Waals surface area contributed by atoms with Crippen molar-refractivity contribution in [1.82, 2.24) is 9.97 Å². The van der Waals surface area contributed by atoms with Gasteiger partial charge in [0.05, 0.1) is 7.11 Å². The zero-order valence-corrected chi connectivity index (χ0v) is 12.5. The molecule has 0 amide bonds. The summed E-state index contributed by atoms with van der Waals surface area (Å²) < 4.78 is 4.60. The number of rotatable bonds is 5. The van der Waals surface area contributed by atoms with Crippen LogP contribution in [0.2, 0.25) is 0 Å². The van der Waals surface area contributed by atoms with Crippen LogP contribution in [0.5, 0.6) is 0 Å². The molecule has 0 aliphatic heterocycles. The summed E-state index contributed by atoms with van der Waals surface area (Å²) in [5.41, 5.74) is 2.46. The van der Waals surface area contributed by atoms with Crippen molar-refractivity contribution in [1.29, 1.82) is 0 Å². The number of aromatic nitrogens is 2. The molecule has 21 heavy (non-hydrogen) atoms. The maximum atomic E-state index is 11.4. The largest absolute Gasteiger partial charge is 0.463 e. The molecule has 1 aromatic heterocycles. The van der Waals surface area contributed by atoms with Gasteiger partial charge in [-0.05, 0) is 23.1 Å². The van der Waals surface area contributed by atoms with Crippen LogP contribution >= 0.6 is 0 Å². The Hall–Kier alpha value is -2.43. The Bertz CT molecular complexity index is 609. The highest BCUT2D eigenvalue weighted by Crippen LogP contribution is 2.15. The van der Waals surface area contributed by atoms with Crippen LogP contribution in [0.4, 0.5) is 5.82 Å². The van der Waals surface area contributed by atoms with Gasteiger partial charge < -0.3 is 10.1 Å². The fourth-order valence-corrected chi connectivity index (χ4v) is 1.86. The molecule has 0 bridgehead atoms. The lowest BCUT2D eigenvalue weighted by Crippen LogP contribution is -2.09. The Morgan fingerprint density at radius 2 is 1.95 bits per heavy atom. The van der Waals surface area contributed by atoms with Gasteiger partial charge in [-0.15, -0.1) is 0 Å². The lowest BCUT2D eigenvalue weighted by Gasteiger charge is -2.09. The first-order valence-corrected chi connectivity index (χ1v) is 6.84. The molecular weight excluding hydrogens is 266 g/mol. The molecular formula is C16H19N3O2. The van der Waals surface area contributed by atoms with Crippen LogP contribution in [0, 0.1) is 0 Å². The van der Waals surface area contributed by atoms with E-state index < -0.39 is 5.97 Å². The number of nitrogens with zero attached hydrogens (tertiary/aromatic N) is 2. The molecule has 0 radical (unpaired) electrons. The van der Waals surface area contributed by atoms with Crippen molar-refractivity contribution in [3.63, 3.8) is 0 Å². The highest BCUT2D eigenvalue weighted by atomic mass is 16.5. The number of ether oxygens (including phenoxy) is 1. The molecule has 5 heteroatoms. The first-order valence-electron chi connectivity index (χ1n) is 6.84. The summed E-state index contributed by atoms with van der Waals surface area (Å²) >= 11 is 0. The van der Waals surface area contributed by atoms with Gasteiger partial charge >= 0.3 is 5.97 Å². The fraction of sp³-hybridized carbons (Fsp3) is 0.312. The maximum absolute atomic E-state index is 11.4. The maximum Gasteiger partial charge on any atom is 0.376 e. The highest BCUT2D eigenvalue weighted by molar-refractivity contribution is 5.85. The number of hydrogen-bond donors (Lipinski definition) is 1. The molecule has 110 valence electrons. The van der Waals surface area contributed by atoms with E-state index >= 15 is 0 Å². The molecule has 5 nitrogen and oxygen atoms in total. The number of esters is 1. The van der Waals surface area contributed by atoms with Crippen molar-refractivity contribution < 1.29 is 9.53 Å². The number of benzene rings is 1. The minimum Gasteiger partial charge on any atom is -0.463 e. The normalized spacial score (nSPS) is 10.5. The van der Waals surface area contributed by atoms with E-state index in [1.54, 1.807) is 6.07 Å². The van der Waals surface area contributed by atoms with Gasteiger partial charge in [-0.1, -0.05) is 38.1 Å². The highest BCUT2D eigenvalue weighted by Gasteiger charge is 2.09. The van der Waals surface area contributed by atoms with E-state index in [2.05, 4.69) is 58.1 Å². The van der Waals surface area contributed by atoms with Crippen LogP contribution in [0.25, 0.3) is 0 Å². The Morgan fingerprint density at radius 3 is 2.57 bits per heavy atom. The molecule has 0 atom stereocenters. The van der Waals surface area contributed by atoms with Gasteiger partial charge in [-0.3, -0.25) is 0 Å². The molecule has 1 heterocycles. The molecule has 1 aromatic carbocycles. The van der Waals surface area contributed by atoms with Crippen LogP contribution in [0.15, 0.2) is 36.5 Å². The predicted octanol–water partition coefficient (Wildman–Crippen LogP) is 3.00. The third-order valence-electron chi connectivity index (χ3n) is 3.14. The van der Waals surface area contributed by atoms with Gasteiger partial charge in [0.2, 0.25) is 5.82 Å². The van der Waals surface area contributed by atoms with Crippen LogP contribution in [0.1, 0.15) is 41.5 Å². The van der Waals surface area contributed by atoms with Gasteiger partial charge in [-0.2, -0.15) is 0 Å². The number of nitrogens with one attached hydrogen (secondary N) is 1. The lowest BCUT2D eigenvalue weighted by molar-refractivity contribution is 0.0587.